The first-order valence-corrected chi connectivity index (χ1v) is 12.8. The molecular formula is C28H27BrN4O2. The molecule has 0 unspecified atom stereocenters. The highest BCUT2D eigenvalue weighted by Crippen LogP contribution is 2.27. The van der Waals surface area contributed by atoms with Crippen LogP contribution in [0.2, 0.25) is 0 Å². The van der Waals surface area contributed by atoms with Gasteiger partial charge in [0.25, 0.3) is 5.91 Å². The first-order chi connectivity index (χ1) is 17.1. The quantitative estimate of drug-likeness (QED) is 0.336. The largest absolute Gasteiger partial charge is 0.352 e. The molecule has 4 aromatic rings. The third-order valence-electron chi connectivity index (χ3n) is 6.41. The van der Waals surface area contributed by atoms with E-state index in [0.29, 0.717) is 18.5 Å². The number of benzene rings is 3. The number of nitrogens with zero attached hydrogens (tertiary/aromatic N) is 3. The van der Waals surface area contributed by atoms with Gasteiger partial charge in [-0.15, -0.1) is 0 Å². The topological polar surface area (TPSA) is 67.2 Å². The molecule has 0 atom stereocenters. The Hall–Kier alpha value is -3.45. The smallest absolute Gasteiger partial charge is 0.251 e. The molecule has 7 heteroatoms. The fraction of sp³-hybridized carbons (Fsp3) is 0.250. The second kappa shape index (κ2) is 10.4. The number of fused-ring (bicyclic) bond motifs is 2. The Bertz CT molecular complexity index is 1360. The van der Waals surface area contributed by atoms with Gasteiger partial charge in [0.05, 0.1) is 11.0 Å². The number of rotatable bonds is 7. The number of carbonyl (C=O) groups is 2. The molecule has 0 saturated heterocycles. The monoisotopic (exact) mass is 530 g/mol. The maximum atomic E-state index is 13.4. The molecule has 1 aliphatic rings. The second-order valence-electron chi connectivity index (χ2n) is 8.75. The lowest BCUT2D eigenvalue weighted by molar-refractivity contribution is -0.119. The summed E-state index contributed by atoms with van der Waals surface area (Å²) < 4.78 is 2.97. The van der Waals surface area contributed by atoms with E-state index in [9.17, 15) is 9.59 Å². The molecule has 0 fully saturated rings. The maximum Gasteiger partial charge on any atom is 0.251 e. The van der Waals surface area contributed by atoms with Crippen molar-refractivity contribution in [3.8, 4) is 0 Å². The highest BCUT2D eigenvalue weighted by atomic mass is 79.9. The Balaban J connectivity index is 1.28. The zero-order valence-electron chi connectivity index (χ0n) is 19.4. The van der Waals surface area contributed by atoms with Crippen molar-refractivity contribution in [2.24, 2.45) is 0 Å². The third-order valence-corrected chi connectivity index (χ3v) is 6.94. The van der Waals surface area contributed by atoms with E-state index < -0.39 is 0 Å². The van der Waals surface area contributed by atoms with Gasteiger partial charge in [-0.1, -0.05) is 46.3 Å². The summed E-state index contributed by atoms with van der Waals surface area (Å²) >= 11 is 3.39. The maximum absolute atomic E-state index is 13.4. The molecule has 3 aromatic carbocycles. The Kier molecular flexibility index (Phi) is 6.95. The molecule has 35 heavy (non-hydrogen) atoms. The van der Waals surface area contributed by atoms with Crippen LogP contribution >= 0.6 is 15.9 Å². The lowest BCUT2D eigenvalue weighted by Crippen LogP contribution is -2.38. The lowest BCUT2D eigenvalue weighted by atomic mass is 10.0. The second-order valence-corrected chi connectivity index (χ2v) is 9.66. The Labute approximate surface area is 213 Å². The van der Waals surface area contributed by atoms with Crippen LogP contribution in [0.3, 0.4) is 0 Å². The van der Waals surface area contributed by atoms with Crippen LogP contribution in [-0.4, -0.2) is 34.5 Å². The fourth-order valence-electron chi connectivity index (χ4n) is 4.66. The Morgan fingerprint density at radius 1 is 0.971 bits per heavy atom. The van der Waals surface area contributed by atoms with E-state index in [4.69, 9.17) is 4.98 Å². The summed E-state index contributed by atoms with van der Waals surface area (Å²) in [5, 5.41) is 2.98. The standard InChI is InChI=1S/C28H27BrN4O2/c29-22-15-13-21(14-16-22)28(35)30-17-5-12-26-31-23-9-2-4-11-25(23)33(26)19-27(34)32-18-6-8-20-7-1-3-10-24(20)32/h1-4,7,9-11,13-16H,5-6,8,12,17-19H2,(H,30,35). The van der Waals surface area contributed by atoms with Crippen molar-refractivity contribution in [3.63, 3.8) is 0 Å². The summed E-state index contributed by atoms with van der Waals surface area (Å²) in [6.07, 6.45) is 3.37. The first kappa shape index (κ1) is 23.3. The van der Waals surface area contributed by atoms with Gasteiger partial charge in [-0.3, -0.25) is 9.59 Å². The number of anilines is 1. The summed E-state index contributed by atoms with van der Waals surface area (Å²) in [6, 6.07) is 23.4. The summed E-state index contributed by atoms with van der Waals surface area (Å²) in [7, 11) is 0. The van der Waals surface area contributed by atoms with E-state index in [1.165, 1.54) is 5.56 Å². The summed E-state index contributed by atoms with van der Waals surface area (Å²) in [6.45, 7) is 1.51. The van der Waals surface area contributed by atoms with Crippen LogP contribution in [0.1, 0.15) is 34.6 Å². The number of amides is 2. The molecule has 1 aromatic heterocycles. The van der Waals surface area contributed by atoms with Gasteiger partial charge in [0.1, 0.15) is 12.4 Å². The molecule has 0 radical (unpaired) electrons. The molecule has 0 saturated carbocycles. The van der Waals surface area contributed by atoms with Gasteiger partial charge in [-0.2, -0.15) is 0 Å². The van der Waals surface area contributed by atoms with E-state index in [-0.39, 0.29) is 18.4 Å². The van der Waals surface area contributed by atoms with E-state index in [2.05, 4.69) is 27.3 Å². The molecule has 0 aliphatic carbocycles. The highest BCUT2D eigenvalue weighted by molar-refractivity contribution is 9.10. The average Bonchev–Trinajstić information content (AvgIpc) is 3.23. The van der Waals surface area contributed by atoms with Crippen LogP contribution in [0.5, 0.6) is 0 Å². The number of imidazole rings is 1. The van der Waals surface area contributed by atoms with Gasteiger partial charge in [0.2, 0.25) is 5.91 Å². The van der Waals surface area contributed by atoms with Crippen LogP contribution in [0.4, 0.5) is 5.69 Å². The average molecular weight is 531 g/mol. The number of aryl methyl sites for hydroxylation is 2. The van der Waals surface area contributed by atoms with E-state index in [0.717, 1.165) is 52.8 Å². The van der Waals surface area contributed by atoms with E-state index in [1.54, 1.807) is 12.1 Å². The number of para-hydroxylation sites is 3. The number of carbonyl (C=O) groups excluding carboxylic acids is 2. The van der Waals surface area contributed by atoms with Gasteiger partial charge in [0, 0.05) is 35.2 Å². The van der Waals surface area contributed by atoms with Crippen LogP contribution < -0.4 is 10.2 Å². The minimum absolute atomic E-state index is 0.0742. The molecule has 5 rings (SSSR count). The van der Waals surface area contributed by atoms with Crippen LogP contribution in [-0.2, 0) is 24.2 Å². The van der Waals surface area contributed by atoms with Crippen molar-refractivity contribution in [3.05, 3.63) is 94.2 Å². The third kappa shape index (κ3) is 5.15. The molecule has 2 amide bonds. The molecule has 0 spiro atoms. The number of nitrogens with one attached hydrogen (secondary N) is 1. The molecule has 1 aliphatic heterocycles. The minimum Gasteiger partial charge on any atom is -0.352 e. The van der Waals surface area contributed by atoms with Crippen molar-refractivity contribution < 1.29 is 9.59 Å². The minimum atomic E-state index is -0.0926. The number of hydrogen-bond donors (Lipinski definition) is 1. The van der Waals surface area contributed by atoms with Gasteiger partial charge < -0.3 is 14.8 Å². The first-order valence-electron chi connectivity index (χ1n) is 12.0. The number of hydrogen-bond acceptors (Lipinski definition) is 3. The summed E-state index contributed by atoms with van der Waals surface area (Å²) in [5.74, 6) is 0.845. The van der Waals surface area contributed by atoms with Crippen molar-refractivity contribution in [1.29, 1.82) is 0 Å². The lowest BCUT2D eigenvalue weighted by Gasteiger charge is -2.29. The summed E-state index contributed by atoms with van der Waals surface area (Å²) in [4.78, 5) is 32.6. The molecule has 1 N–H and O–H groups in total. The van der Waals surface area contributed by atoms with Gasteiger partial charge >= 0.3 is 0 Å². The molecule has 2 heterocycles. The van der Waals surface area contributed by atoms with Gasteiger partial charge in [-0.05, 0) is 67.3 Å². The molecule has 6 nitrogen and oxygen atoms in total. The van der Waals surface area contributed by atoms with Crippen LogP contribution in [0.25, 0.3) is 11.0 Å². The van der Waals surface area contributed by atoms with Crippen molar-refractivity contribution in [2.75, 3.05) is 18.0 Å². The van der Waals surface area contributed by atoms with Gasteiger partial charge in [-0.25, -0.2) is 4.98 Å². The SMILES string of the molecule is O=C(NCCCc1nc2ccccc2n1CC(=O)N1CCCc2ccccc21)c1ccc(Br)cc1. The molecule has 0 bridgehead atoms. The molecular weight excluding hydrogens is 504 g/mol. The highest BCUT2D eigenvalue weighted by Gasteiger charge is 2.24. The zero-order chi connectivity index (χ0) is 24.2. The number of halogens is 1. The van der Waals surface area contributed by atoms with Crippen LogP contribution in [0.15, 0.2) is 77.3 Å². The Morgan fingerprint density at radius 2 is 1.74 bits per heavy atom. The van der Waals surface area contributed by atoms with Crippen LogP contribution in [0, 0.1) is 0 Å². The predicted molar refractivity (Wildman–Crippen MR) is 142 cm³/mol. The van der Waals surface area contributed by atoms with Gasteiger partial charge in [0.15, 0.2) is 0 Å². The van der Waals surface area contributed by atoms with E-state index >= 15 is 0 Å². The van der Waals surface area contributed by atoms with Crippen molar-refractivity contribution >= 4 is 44.5 Å². The normalized spacial score (nSPS) is 13.0. The van der Waals surface area contributed by atoms with E-state index in [1.807, 2.05) is 64.1 Å². The molecule has 178 valence electrons. The van der Waals surface area contributed by atoms with Crippen molar-refractivity contribution in [2.45, 2.75) is 32.2 Å². The predicted octanol–water partition coefficient (Wildman–Crippen LogP) is 5.14. The fourth-order valence-corrected chi connectivity index (χ4v) is 4.92. The number of aromatic nitrogens is 2. The zero-order valence-corrected chi connectivity index (χ0v) is 21.0. The van der Waals surface area contributed by atoms with Crippen molar-refractivity contribution in [1.82, 2.24) is 14.9 Å². The Morgan fingerprint density at radius 3 is 2.60 bits per heavy atom. The summed E-state index contributed by atoms with van der Waals surface area (Å²) in [5.41, 5.74) is 4.72.